The molecule has 2 fully saturated rings. The molecule has 25 heteroatoms. The zero-order valence-electron chi connectivity index (χ0n) is 53.5. The van der Waals surface area contributed by atoms with Crippen LogP contribution in [-0.4, -0.2) is 122 Å². The number of isocyanates is 4. The van der Waals surface area contributed by atoms with E-state index in [2.05, 4.69) is 72.7 Å². The quantitative estimate of drug-likeness (QED) is 0.0144. The van der Waals surface area contributed by atoms with Crippen molar-refractivity contribution in [3.8, 4) is 18.3 Å². The lowest BCUT2D eigenvalue weighted by atomic mass is 9.76. The molecule has 18 nitrogen and oxygen atoms in total. The molecule has 0 unspecified atom stereocenters. The Morgan fingerprint density at radius 3 is 1.57 bits per heavy atom. The minimum absolute atomic E-state index is 0. The van der Waals surface area contributed by atoms with E-state index in [4.69, 9.17) is 54.7 Å². The lowest BCUT2D eigenvalue weighted by molar-refractivity contribution is 0.0915. The molecule has 3 aromatic rings. The van der Waals surface area contributed by atoms with Crippen LogP contribution in [0.3, 0.4) is 0 Å². The Hall–Kier alpha value is -3.29. The third-order valence-corrected chi connectivity index (χ3v) is 24.0. The second kappa shape index (κ2) is 51.0. The summed E-state index contributed by atoms with van der Waals surface area (Å²) in [5, 5.41) is 34.3. The van der Waals surface area contributed by atoms with Crippen molar-refractivity contribution in [2.75, 3.05) is 49.5 Å². The number of alkyl halides is 2. The molecule has 2 aliphatic rings. The molecule has 0 aliphatic heterocycles. The van der Waals surface area contributed by atoms with Gasteiger partial charge in [0.25, 0.3) is 12.5 Å². The van der Waals surface area contributed by atoms with Crippen LogP contribution in [0.1, 0.15) is 93.0 Å². The first-order valence-corrected chi connectivity index (χ1v) is 38.5. The van der Waals surface area contributed by atoms with E-state index in [1.165, 1.54) is 56.4 Å². The summed E-state index contributed by atoms with van der Waals surface area (Å²) < 4.78 is 61.3. The summed E-state index contributed by atoms with van der Waals surface area (Å²) >= 11 is 6.69. The lowest BCUT2D eigenvalue weighted by Crippen LogP contribution is -2.52. The summed E-state index contributed by atoms with van der Waals surface area (Å²) in [5.41, 5.74) is 4.53. The van der Waals surface area contributed by atoms with E-state index in [9.17, 15) is 19.2 Å². The molecule has 0 amide bonds. The van der Waals surface area contributed by atoms with Gasteiger partial charge in [0, 0.05) is 18.9 Å². The van der Waals surface area contributed by atoms with E-state index in [0.29, 0.717) is 59.1 Å². The minimum Gasteiger partial charge on any atom is -0.437 e. The molecule has 5 rings (SSSR count). The molecular weight excluding hydrogens is 1460 g/mol. The van der Waals surface area contributed by atoms with Crippen LogP contribution < -0.4 is 4.74 Å². The molecule has 0 saturated heterocycles. The number of ether oxygens (including phenoxy) is 4. The number of hydrogen-bond donors (Lipinski definition) is 2. The van der Waals surface area contributed by atoms with Gasteiger partial charge < -0.3 is 37.4 Å². The van der Waals surface area contributed by atoms with Gasteiger partial charge in [-0.15, -0.1) is 29.2 Å². The van der Waals surface area contributed by atoms with Crippen LogP contribution in [0.4, 0.5) is 17.1 Å². The Bertz CT molecular complexity index is 2470. The minimum atomic E-state index is -2.16. The molecule has 0 radical (unpaired) electrons. The molecule has 0 heterocycles. The number of rotatable bonds is 26. The zero-order valence-corrected chi connectivity index (χ0v) is 59.0. The summed E-state index contributed by atoms with van der Waals surface area (Å²) in [6.45, 7) is 17.4. The highest BCUT2D eigenvalue weighted by molar-refractivity contribution is 14.1. The molecule has 3 aromatic carbocycles. The maximum Gasteiger partial charge on any atom is 0.311 e. The Labute approximate surface area is 549 Å². The van der Waals surface area contributed by atoms with Crippen LogP contribution >= 0.6 is 82.6 Å². The molecular formula is C57H89I3N6O12SSi3. The van der Waals surface area contributed by atoms with Crippen molar-refractivity contribution < 1.29 is 62.3 Å². The number of aliphatic hydroxyl groups is 2. The fraction of sp³-hybridized carbons (Fsp3) is 0.579. The molecule has 2 N–H and O–H groups in total. The smallest absolute Gasteiger partial charge is 0.311 e. The van der Waals surface area contributed by atoms with Crippen molar-refractivity contribution in [2.45, 2.75) is 147 Å². The summed E-state index contributed by atoms with van der Waals surface area (Å²) in [7, 11) is -5.73. The lowest BCUT2D eigenvalue weighted by Gasteiger charge is -2.38. The van der Waals surface area contributed by atoms with Gasteiger partial charge in [0.2, 0.25) is 24.3 Å². The predicted octanol–water partition coefficient (Wildman–Crippen LogP) is 14.4. The van der Waals surface area contributed by atoms with E-state index in [-0.39, 0.29) is 49.3 Å². The molecule has 458 valence electrons. The number of nitrogens with zero attached hydrogens (tertiary/aromatic N) is 6. The van der Waals surface area contributed by atoms with E-state index in [1.54, 1.807) is 55.7 Å². The van der Waals surface area contributed by atoms with E-state index < -0.39 is 25.2 Å². The number of aliphatic imine (C=N–C) groups is 4. The first-order chi connectivity index (χ1) is 41.3. The molecule has 0 aromatic heterocycles. The highest BCUT2D eigenvalue weighted by atomic mass is 127. The fourth-order valence-electron chi connectivity index (χ4n) is 9.20. The van der Waals surface area contributed by atoms with Gasteiger partial charge in [0.1, 0.15) is 11.9 Å². The third-order valence-electron chi connectivity index (χ3n) is 12.5. The average Bonchev–Trinajstić information content (AvgIpc) is 3.57. The van der Waals surface area contributed by atoms with Gasteiger partial charge >= 0.3 is 8.56 Å². The van der Waals surface area contributed by atoms with Gasteiger partial charge in [0.05, 0.1) is 50.7 Å². The summed E-state index contributed by atoms with van der Waals surface area (Å²) in [6, 6.07) is 21.9. The van der Waals surface area contributed by atoms with Gasteiger partial charge in [0.15, 0.2) is 16.6 Å². The second-order valence-corrected chi connectivity index (χ2v) is 32.7. The van der Waals surface area contributed by atoms with Crippen molar-refractivity contribution in [2.24, 2.45) is 31.8 Å². The number of nitriles is 2. The number of aryl methyl sites for hydroxylation is 1. The highest BCUT2D eigenvalue weighted by Gasteiger charge is 2.39. The Morgan fingerprint density at radius 2 is 1.13 bits per heavy atom. The van der Waals surface area contributed by atoms with Gasteiger partial charge in [-0.2, -0.15) is 33.6 Å². The Balaban J connectivity index is -0.000000507. The predicted molar refractivity (Wildman–Crippen MR) is 364 cm³/mol. The van der Waals surface area contributed by atoms with Crippen molar-refractivity contribution in [3.63, 3.8) is 0 Å². The number of benzene rings is 3. The SMILES string of the molecule is C[Si](C)(CCCOCCO)O[Si](C)(C)O[Si](C)(C)CCCOCCO.Cc1ccc(N=C=O)cc1N=C=O.I.N#COC1CCC(CC2CCC(N=C=O)CC2)CC1.N#COc1ccc(Cc2ccc(N=C=O)cc2)cc1.[2H]CI.[2H]CI.[2H]S.[2H][3H]. The first-order valence-electron chi connectivity index (χ1n) is 29.3. The summed E-state index contributed by atoms with van der Waals surface area (Å²) in [5.74, 6) is 2.13. The number of aliphatic hydroxyl groups excluding tert-OH is 2. The van der Waals surface area contributed by atoms with E-state index in [1.807, 2.05) is 75.7 Å². The number of carbonyl (C=O) groups excluding carboxylic acids is 4. The van der Waals surface area contributed by atoms with Crippen LogP contribution in [0.15, 0.2) is 86.7 Å². The van der Waals surface area contributed by atoms with Gasteiger partial charge in [-0.3, -0.25) is 0 Å². The molecule has 0 atom stereocenters. The van der Waals surface area contributed by atoms with Crippen LogP contribution in [0.2, 0.25) is 51.4 Å². The van der Waals surface area contributed by atoms with Crippen molar-refractivity contribution in [1.29, 1.82) is 11.6 Å². The zero-order chi connectivity index (χ0) is 65.5. The van der Waals surface area contributed by atoms with Crippen molar-refractivity contribution in [3.05, 3.63) is 83.4 Å². The number of hydrogen-bond acceptors (Lipinski definition) is 18. The molecule has 2 aliphatic carbocycles. The highest BCUT2D eigenvalue weighted by Crippen LogP contribution is 2.37. The standard InChI is InChI=1S/C16H40O6Si3.C15H22N2O2.C15H10N2O2.C9H6N2O2.2CH3I.HI.H2S.H2/c1-23(2,15-7-11-19-13-9-17)21-25(5,6)22-24(3,4)16-8-12-20-14-10-18;2*16-10-19-15-7-3-13(4-8-15)9-12-1-5-14(6-2-12)17-11-18;1-7-2-3-8(10-5-12)4-9(7)11-6-13;2*1-2;;;/h17-18H,7-16H2,1-6H3;12-15H,1-9H2;1-8H,9H2;2-4H,1H3;2*1H3;1H;1H2;1H/i;;;;2*1D;;;1+2D/hD. The largest absolute Gasteiger partial charge is 0.437 e. The van der Waals surface area contributed by atoms with Gasteiger partial charge in [-0.05, 0) is 210 Å². The van der Waals surface area contributed by atoms with Crippen LogP contribution in [-0.2, 0) is 48.0 Å². The third kappa shape index (κ3) is 40.9. The van der Waals surface area contributed by atoms with Crippen molar-refractivity contribution >= 4 is 149 Å². The van der Waals surface area contributed by atoms with E-state index >= 15 is 0 Å². The van der Waals surface area contributed by atoms with E-state index in [0.717, 1.165) is 85.6 Å². The molecule has 0 bridgehead atoms. The Kier molecular flexibility index (Phi) is 46.5. The number of halogens is 3. The normalized spacial score (nSPS) is 16.3. The Morgan fingerprint density at radius 1 is 0.683 bits per heavy atom. The fourth-order valence-corrected chi connectivity index (χ4v) is 23.2. The maximum absolute atomic E-state index is 10.2. The van der Waals surface area contributed by atoms with Crippen LogP contribution in [0.5, 0.6) is 5.75 Å². The molecule has 82 heavy (non-hydrogen) atoms. The van der Waals surface area contributed by atoms with Gasteiger partial charge in [-0.1, -0.05) is 75.5 Å². The monoisotopic (exact) mass is 1550 g/mol. The molecule has 2 saturated carbocycles. The second-order valence-electron chi connectivity index (χ2n) is 20.2. The van der Waals surface area contributed by atoms with Crippen molar-refractivity contribution in [1.82, 2.24) is 0 Å². The molecule has 0 spiro atoms. The maximum atomic E-state index is 10.2. The topological polar surface area (TPSA) is 261 Å². The van der Waals surface area contributed by atoms with Crippen LogP contribution in [0, 0.1) is 41.8 Å². The average molecular weight is 1550 g/mol. The summed E-state index contributed by atoms with van der Waals surface area (Å²) in [6.07, 6.45) is 22.6. The first kappa shape index (κ1) is 74.8. The van der Waals surface area contributed by atoms with Crippen LogP contribution in [0.25, 0.3) is 0 Å². The van der Waals surface area contributed by atoms with Gasteiger partial charge in [-0.25, -0.2) is 24.2 Å². The summed E-state index contributed by atoms with van der Waals surface area (Å²) in [4.78, 5) is 55.4.